The van der Waals surface area contributed by atoms with Gasteiger partial charge in [-0.1, -0.05) is 24.6 Å². The van der Waals surface area contributed by atoms with E-state index in [0.29, 0.717) is 13.0 Å². The Hall–Kier alpha value is -1.68. The molecule has 0 N–H and O–H groups in total. The molecule has 1 amide bonds. The maximum Gasteiger partial charge on any atom is 0.222 e. The summed E-state index contributed by atoms with van der Waals surface area (Å²) in [4.78, 5) is 28.4. The number of rotatable bonds is 5. The molecule has 0 bridgehead atoms. The molecule has 1 aromatic carbocycles. The van der Waals surface area contributed by atoms with E-state index < -0.39 is 0 Å². The molecule has 120 valence electrons. The Morgan fingerprint density at radius 2 is 1.77 bits per heavy atom. The third-order valence-electron chi connectivity index (χ3n) is 4.25. The van der Waals surface area contributed by atoms with Crippen molar-refractivity contribution >= 4 is 11.7 Å². The minimum absolute atomic E-state index is 0.175. The van der Waals surface area contributed by atoms with Crippen molar-refractivity contribution < 1.29 is 9.59 Å². The molecule has 0 spiro atoms. The lowest BCUT2D eigenvalue weighted by Gasteiger charge is -2.34. The molecule has 0 atom stereocenters. The molecule has 4 nitrogen and oxygen atoms in total. The molecule has 2 rings (SSSR count). The predicted octanol–water partition coefficient (Wildman–Crippen LogP) is 2.43. The second-order valence-corrected chi connectivity index (χ2v) is 6.15. The van der Waals surface area contributed by atoms with Crippen LogP contribution >= 0.6 is 0 Å². The highest BCUT2D eigenvalue weighted by molar-refractivity contribution is 5.99. The number of nitrogens with zero attached hydrogens (tertiary/aromatic N) is 2. The number of aryl methyl sites for hydroxylation is 2. The van der Waals surface area contributed by atoms with E-state index in [1.807, 2.05) is 43.9 Å². The van der Waals surface area contributed by atoms with Crippen LogP contribution in [0, 0.1) is 13.8 Å². The molecular weight excluding hydrogens is 276 g/mol. The molecule has 1 fully saturated rings. The average molecular weight is 302 g/mol. The van der Waals surface area contributed by atoms with Crippen LogP contribution in [0.5, 0.6) is 0 Å². The standard InChI is InChI=1S/C18H26N2O2/c1-4-5-18(22)20-10-8-19(9-11-20)13-17(21)16-12-14(2)6-7-15(16)3/h6-7,12H,4-5,8-11,13H2,1-3H3. The van der Waals surface area contributed by atoms with Gasteiger partial charge in [0.25, 0.3) is 0 Å². The second-order valence-electron chi connectivity index (χ2n) is 6.15. The van der Waals surface area contributed by atoms with Gasteiger partial charge in [-0.3, -0.25) is 14.5 Å². The summed E-state index contributed by atoms with van der Waals surface area (Å²) in [7, 11) is 0. The Balaban J connectivity index is 1.89. The lowest BCUT2D eigenvalue weighted by atomic mass is 10.0. The Kier molecular flexibility index (Phi) is 5.72. The zero-order valence-corrected chi connectivity index (χ0v) is 13.9. The first-order chi connectivity index (χ1) is 10.5. The van der Waals surface area contributed by atoms with Crippen LogP contribution in [0.1, 0.15) is 41.3 Å². The summed E-state index contributed by atoms with van der Waals surface area (Å²) in [5.41, 5.74) is 2.97. The van der Waals surface area contributed by atoms with Crippen molar-refractivity contribution in [3.05, 3.63) is 34.9 Å². The van der Waals surface area contributed by atoms with E-state index in [4.69, 9.17) is 0 Å². The monoisotopic (exact) mass is 302 g/mol. The molecular formula is C18H26N2O2. The molecule has 1 aliphatic rings. The summed E-state index contributed by atoms with van der Waals surface area (Å²) in [5.74, 6) is 0.414. The van der Waals surface area contributed by atoms with Crippen molar-refractivity contribution in [1.82, 2.24) is 9.80 Å². The van der Waals surface area contributed by atoms with Crippen molar-refractivity contribution in [2.24, 2.45) is 0 Å². The lowest BCUT2D eigenvalue weighted by Crippen LogP contribution is -2.49. The van der Waals surface area contributed by atoms with E-state index in [9.17, 15) is 9.59 Å². The highest BCUT2D eigenvalue weighted by Gasteiger charge is 2.22. The van der Waals surface area contributed by atoms with Crippen LogP contribution in [0.15, 0.2) is 18.2 Å². The maximum atomic E-state index is 12.5. The predicted molar refractivity (Wildman–Crippen MR) is 88.2 cm³/mol. The van der Waals surface area contributed by atoms with Gasteiger partial charge in [0, 0.05) is 38.2 Å². The highest BCUT2D eigenvalue weighted by atomic mass is 16.2. The largest absolute Gasteiger partial charge is 0.340 e. The molecule has 0 aromatic heterocycles. The van der Waals surface area contributed by atoms with Crippen molar-refractivity contribution in [1.29, 1.82) is 0 Å². The van der Waals surface area contributed by atoms with Crippen molar-refractivity contribution in [2.75, 3.05) is 32.7 Å². The number of piperazine rings is 1. The van der Waals surface area contributed by atoms with Gasteiger partial charge < -0.3 is 4.90 Å². The van der Waals surface area contributed by atoms with Crippen LogP contribution in [-0.4, -0.2) is 54.2 Å². The van der Waals surface area contributed by atoms with Gasteiger partial charge >= 0.3 is 0 Å². The van der Waals surface area contributed by atoms with Crippen LogP contribution in [-0.2, 0) is 4.79 Å². The molecule has 0 unspecified atom stereocenters. The molecule has 1 aliphatic heterocycles. The summed E-state index contributed by atoms with van der Waals surface area (Å²) in [6.07, 6.45) is 1.52. The van der Waals surface area contributed by atoms with Crippen LogP contribution in [0.2, 0.25) is 0 Å². The Labute approximate surface area is 133 Å². The number of ketones is 1. The van der Waals surface area contributed by atoms with Crippen LogP contribution < -0.4 is 0 Å². The summed E-state index contributed by atoms with van der Waals surface area (Å²) >= 11 is 0. The summed E-state index contributed by atoms with van der Waals surface area (Å²) in [6.45, 7) is 9.50. The molecule has 1 aromatic rings. The Bertz CT molecular complexity index is 546. The number of hydrogen-bond acceptors (Lipinski definition) is 3. The first-order valence-corrected chi connectivity index (χ1v) is 8.12. The molecule has 1 saturated heterocycles. The molecule has 4 heteroatoms. The average Bonchev–Trinajstić information content (AvgIpc) is 2.50. The summed E-state index contributed by atoms with van der Waals surface area (Å²) in [6, 6.07) is 6.01. The maximum absolute atomic E-state index is 12.5. The van der Waals surface area contributed by atoms with Gasteiger partial charge in [0.05, 0.1) is 6.54 Å². The van der Waals surface area contributed by atoms with E-state index >= 15 is 0 Å². The fourth-order valence-corrected chi connectivity index (χ4v) is 2.85. The number of hydrogen-bond donors (Lipinski definition) is 0. The first-order valence-electron chi connectivity index (χ1n) is 8.12. The van der Waals surface area contributed by atoms with Gasteiger partial charge in [-0.05, 0) is 31.9 Å². The Morgan fingerprint density at radius 1 is 1.09 bits per heavy atom. The van der Waals surface area contributed by atoms with Crippen molar-refractivity contribution in [3.63, 3.8) is 0 Å². The highest BCUT2D eigenvalue weighted by Crippen LogP contribution is 2.13. The summed E-state index contributed by atoms with van der Waals surface area (Å²) < 4.78 is 0. The van der Waals surface area contributed by atoms with Gasteiger partial charge in [0.1, 0.15) is 0 Å². The molecule has 0 saturated carbocycles. The quantitative estimate of drug-likeness (QED) is 0.784. The summed E-state index contributed by atoms with van der Waals surface area (Å²) in [5, 5.41) is 0. The number of amides is 1. The van der Waals surface area contributed by atoms with Gasteiger partial charge in [0.15, 0.2) is 5.78 Å². The number of carbonyl (C=O) groups is 2. The fourth-order valence-electron chi connectivity index (χ4n) is 2.85. The minimum Gasteiger partial charge on any atom is -0.340 e. The normalized spacial score (nSPS) is 15.9. The van der Waals surface area contributed by atoms with Crippen LogP contribution in [0.25, 0.3) is 0 Å². The number of carbonyl (C=O) groups excluding carboxylic acids is 2. The molecule has 22 heavy (non-hydrogen) atoms. The van der Waals surface area contributed by atoms with Gasteiger partial charge in [0.2, 0.25) is 5.91 Å². The third-order valence-corrected chi connectivity index (χ3v) is 4.25. The topological polar surface area (TPSA) is 40.6 Å². The smallest absolute Gasteiger partial charge is 0.222 e. The molecule has 1 heterocycles. The minimum atomic E-state index is 0.175. The number of Topliss-reactive ketones (excluding diaryl/α,β-unsaturated/α-hetero) is 1. The van der Waals surface area contributed by atoms with E-state index in [-0.39, 0.29) is 11.7 Å². The van der Waals surface area contributed by atoms with Crippen LogP contribution in [0.3, 0.4) is 0 Å². The Morgan fingerprint density at radius 3 is 2.41 bits per heavy atom. The zero-order chi connectivity index (χ0) is 16.1. The van der Waals surface area contributed by atoms with Crippen molar-refractivity contribution in [2.45, 2.75) is 33.6 Å². The molecule has 0 radical (unpaired) electrons. The van der Waals surface area contributed by atoms with Gasteiger partial charge in [-0.25, -0.2) is 0 Å². The van der Waals surface area contributed by atoms with Crippen molar-refractivity contribution in [3.8, 4) is 0 Å². The second kappa shape index (κ2) is 7.54. The van der Waals surface area contributed by atoms with E-state index in [1.165, 1.54) is 0 Å². The first kappa shape index (κ1) is 16.7. The zero-order valence-electron chi connectivity index (χ0n) is 13.9. The fraction of sp³-hybridized carbons (Fsp3) is 0.556. The van der Waals surface area contributed by atoms with Gasteiger partial charge in [-0.15, -0.1) is 0 Å². The lowest BCUT2D eigenvalue weighted by molar-refractivity contribution is -0.132. The number of benzene rings is 1. The van der Waals surface area contributed by atoms with E-state index in [0.717, 1.165) is 49.3 Å². The molecule has 0 aliphatic carbocycles. The van der Waals surface area contributed by atoms with E-state index in [1.54, 1.807) is 0 Å². The van der Waals surface area contributed by atoms with Crippen LogP contribution in [0.4, 0.5) is 0 Å². The SMILES string of the molecule is CCCC(=O)N1CCN(CC(=O)c2cc(C)ccc2C)CC1. The van der Waals surface area contributed by atoms with E-state index in [2.05, 4.69) is 4.90 Å². The third kappa shape index (κ3) is 4.17. The van der Waals surface area contributed by atoms with Gasteiger partial charge in [-0.2, -0.15) is 0 Å².